The normalized spacial score (nSPS) is 20.9. The Morgan fingerprint density at radius 1 is 0.826 bits per heavy atom. The van der Waals surface area contributed by atoms with Crippen molar-refractivity contribution in [1.82, 2.24) is 4.57 Å². The Kier molecular flexibility index (Phi) is 13.2. The van der Waals surface area contributed by atoms with Crippen molar-refractivity contribution in [3.63, 3.8) is 0 Å². The number of carbonyl (C=O) groups is 4. The third-order valence-electron chi connectivity index (χ3n) is 7.26. The molecule has 0 radical (unpaired) electrons. The summed E-state index contributed by atoms with van der Waals surface area (Å²) in [6.07, 6.45) is -1.15. The average Bonchev–Trinajstić information content (AvgIpc) is 2.97. The summed E-state index contributed by atoms with van der Waals surface area (Å²) >= 11 is 0. The number of aromatic nitrogens is 1. The van der Waals surface area contributed by atoms with Crippen LogP contribution in [-0.4, -0.2) is 72.4 Å². The van der Waals surface area contributed by atoms with E-state index in [2.05, 4.69) is 6.92 Å². The van der Waals surface area contributed by atoms with Crippen molar-refractivity contribution >= 4 is 40.5 Å². The maximum absolute atomic E-state index is 13.7. The molecule has 0 unspecified atom stereocenters. The van der Waals surface area contributed by atoms with Gasteiger partial charge >= 0.3 is 23.9 Å². The fourth-order valence-corrected chi connectivity index (χ4v) is 5.20. The molecule has 0 bridgehead atoms. The minimum absolute atomic E-state index is 0.0371. The van der Waals surface area contributed by atoms with Crippen LogP contribution in [-0.2, 0) is 49.9 Å². The number of pyridine rings is 1. The lowest BCUT2D eigenvalue weighted by atomic mass is 9.98. The Morgan fingerprint density at radius 3 is 2.07 bits per heavy atom. The largest absolute Gasteiger partial charge is 0.485 e. The summed E-state index contributed by atoms with van der Waals surface area (Å²) in [5.74, 6) is -3.16. The molecule has 2 aromatic rings. The minimum Gasteiger partial charge on any atom is -0.485 e. The number of esters is 4. The topological polar surface area (TPSA) is 181 Å². The maximum atomic E-state index is 13.7. The maximum Gasteiger partial charge on any atom is 0.303 e. The van der Waals surface area contributed by atoms with Gasteiger partial charge in [-0.15, -0.1) is 0 Å². The lowest BCUT2D eigenvalue weighted by Gasteiger charge is -2.44. The number of nitrogens with two attached hydrogens (primary N) is 1. The monoisotopic (exact) mass is 648 g/mol. The fourth-order valence-electron chi connectivity index (χ4n) is 5.20. The molecule has 0 saturated carbocycles. The summed E-state index contributed by atoms with van der Waals surface area (Å²) in [6, 6.07) is 4.85. The van der Waals surface area contributed by atoms with Crippen LogP contribution in [0.4, 0.5) is 5.69 Å². The molecule has 0 spiro atoms. The number of hydrogen-bond donors (Lipinski definition) is 1. The van der Waals surface area contributed by atoms with Crippen molar-refractivity contribution in [2.24, 2.45) is 7.05 Å². The van der Waals surface area contributed by atoms with E-state index in [1.54, 1.807) is 25.2 Å². The molecule has 3 rings (SSSR count). The molecule has 1 saturated heterocycles. The SMILES string of the molecule is CCCCCCCCOc1c(O[C@@H]2O[C@H](COC(C)=O)[C@H](OC(C)=O)[C@H](OC(C)=O)[C@H]2OC(C)=O)c2ccc(N)cc2n(C)c1=O. The van der Waals surface area contributed by atoms with Gasteiger partial charge in [0.2, 0.25) is 18.1 Å². The highest BCUT2D eigenvalue weighted by molar-refractivity contribution is 5.90. The zero-order chi connectivity index (χ0) is 34.0. The molecule has 254 valence electrons. The van der Waals surface area contributed by atoms with Crippen LogP contribution >= 0.6 is 0 Å². The molecule has 14 heteroatoms. The molecule has 0 amide bonds. The predicted molar refractivity (Wildman–Crippen MR) is 165 cm³/mol. The number of carbonyl (C=O) groups excluding carboxylic acids is 4. The van der Waals surface area contributed by atoms with Gasteiger partial charge in [0.1, 0.15) is 12.7 Å². The number of ether oxygens (including phenoxy) is 7. The number of unbranched alkanes of at least 4 members (excludes halogenated alkanes) is 5. The van der Waals surface area contributed by atoms with Crippen LogP contribution in [0.15, 0.2) is 23.0 Å². The predicted octanol–water partition coefficient (Wildman–Crippen LogP) is 3.32. The molecular weight excluding hydrogens is 604 g/mol. The highest BCUT2D eigenvalue weighted by Crippen LogP contribution is 2.38. The molecule has 1 aromatic carbocycles. The van der Waals surface area contributed by atoms with Crippen molar-refractivity contribution in [2.75, 3.05) is 18.9 Å². The van der Waals surface area contributed by atoms with E-state index in [1.165, 1.54) is 11.5 Å². The van der Waals surface area contributed by atoms with Gasteiger partial charge < -0.3 is 43.5 Å². The van der Waals surface area contributed by atoms with Gasteiger partial charge in [-0.05, 0) is 24.6 Å². The Hall–Kier alpha value is -4.33. The van der Waals surface area contributed by atoms with Gasteiger partial charge in [-0.3, -0.25) is 24.0 Å². The van der Waals surface area contributed by atoms with Crippen LogP contribution in [0, 0.1) is 0 Å². The van der Waals surface area contributed by atoms with Crippen LogP contribution in [0.25, 0.3) is 10.9 Å². The molecule has 46 heavy (non-hydrogen) atoms. The number of nitrogen functional groups attached to an aromatic ring is 1. The average molecular weight is 649 g/mol. The molecule has 5 atom stereocenters. The van der Waals surface area contributed by atoms with Crippen LogP contribution in [0.5, 0.6) is 11.5 Å². The first-order valence-electron chi connectivity index (χ1n) is 15.4. The first kappa shape index (κ1) is 36.1. The number of aryl methyl sites for hydroxylation is 1. The van der Waals surface area contributed by atoms with E-state index in [4.69, 9.17) is 38.9 Å². The molecule has 1 aliphatic rings. The Bertz CT molecular complexity index is 1450. The van der Waals surface area contributed by atoms with E-state index in [1.807, 2.05) is 0 Å². The van der Waals surface area contributed by atoms with Crippen molar-refractivity contribution in [2.45, 2.75) is 104 Å². The summed E-state index contributed by atoms with van der Waals surface area (Å²) < 4.78 is 41.5. The van der Waals surface area contributed by atoms with Crippen LogP contribution in [0.1, 0.15) is 73.1 Å². The van der Waals surface area contributed by atoms with Gasteiger partial charge in [0.25, 0.3) is 5.56 Å². The van der Waals surface area contributed by atoms with E-state index in [0.717, 1.165) is 52.9 Å². The first-order chi connectivity index (χ1) is 21.8. The molecule has 1 aliphatic heterocycles. The van der Waals surface area contributed by atoms with E-state index >= 15 is 0 Å². The fraction of sp³-hybridized carbons (Fsp3) is 0.594. The van der Waals surface area contributed by atoms with Gasteiger partial charge in [0.15, 0.2) is 18.0 Å². The lowest BCUT2D eigenvalue weighted by Crippen LogP contribution is -2.63. The lowest BCUT2D eigenvalue weighted by molar-refractivity contribution is -0.288. The second kappa shape index (κ2) is 16.8. The number of anilines is 1. The van der Waals surface area contributed by atoms with E-state index in [9.17, 15) is 24.0 Å². The third-order valence-corrected chi connectivity index (χ3v) is 7.26. The van der Waals surface area contributed by atoms with E-state index in [0.29, 0.717) is 23.0 Å². The molecule has 14 nitrogen and oxygen atoms in total. The summed E-state index contributed by atoms with van der Waals surface area (Å²) in [5, 5.41) is 0.419. The number of rotatable bonds is 15. The third kappa shape index (κ3) is 9.59. The van der Waals surface area contributed by atoms with Crippen molar-refractivity contribution in [3.8, 4) is 11.5 Å². The van der Waals surface area contributed by atoms with E-state index in [-0.39, 0.29) is 18.1 Å². The number of benzene rings is 1. The van der Waals surface area contributed by atoms with E-state index < -0.39 is 66.7 Å². The molecule has 2 N–H and O–H groups in total. The number of fused-ring (bicyclic) bond motifs is 1. The van der Waals surface area contributed by atoms with Gasteiger partial charge in [-0.1, -0.05) is 39.0 Å². The summed E-state index contributed by atoms with van der Waals surface area (Å²) in [4.78, 5) is 62.0. The highest BCUT2D eigenvalue weighted by Gasteiger charge is 2.53. The molecular formula is C32H44N2O12. The van der Waals surface area contributed by atoms with Gasteiger partial charge in [0, 0.05) is 45.8 Å². The summed E-state index contributed by atoms with van der Waals surface area (Å²) in [7, 11) is 1.57. The minimum atomic E-state index is -1.56. The Balaban J connectivity index is 2.12. The van der Waals surface area contributed by atoms with Crippen LogP contribution in [0.2, 0.25) is 0 Å². The van der Waals surface area contributed by atoms with Gasteiger partial charge in [0.05, 0.1) is 12.1 Å². The van der Waals surface area contributed by atoms with Crippen molar-refractivity contribution in [3.05, 3.63) is 28.6 Å². The summed E-state index contributed by atoms with van der Waals surface area (Å²) in [5.41, 5.74) is 6.32. The Morgan fingerprint density at radius 2 is 1.43 bits per heavy atom. The summed E-state index contributed by atoms with van der Waals surface area (Å²) in [6.45, 7) is 6.47. The molecule has 1 fully saturated rings. The zero-order valence-electron chi connectivity index (χ0n) is 27.2. The number of hydrogen-bond acceptors (Lipinski definition) is 13. The van der Waals surface area contributed by atoms with Gasteiger partial charge in [-0.25, -0.2) is 0 Å². The van der Waals surface area contributed by atoms with Crippen LogP contribution in [0.3, 0.4) is 0 Å². The number of nitrogens with zero attached hydrogens (tertiary/aromatic N) is 1. The van der Waals surface area contributed by atoms with Gasteiger partial charge in [-0.2, -0.15) is 0 Å². The molecule has 0 aliphatic carbocycles. The van der Waals surface area contributed by atoms with Crippen LogP contribution < -0.4 is 20.8 Å². The highest BCUT2D eigenvalue weighted by atomic mass is 16.7. The van der Waals surface area contributed by atoms with Crippen molar-refractivity contribution in [1.29, 1.82) is 0 Å². The van der Waals surface area contributed by atoms with Crippen molar-refractivity contribution < 1.29 is 52.3 Å². The standard InChI is InChI=1S/C32H44N2O12/c1-7-8-9-10-11-12-15-40-29-26(23-14-13-22(33)16-24(23)34(6)31(29)39)46-32-30(44-21(5)38)28(43-20(4)37)27(42-19(3)36)25(45-32)17-41-18(2)35/h13-14,16,25,27-28,30,32H,7-12,15,17,33H2,1-6H3/t25-,27+,28+,30-,32+/m1/s1. The smallest absolute Gasteiger partial charge is 0.303 e. The molecule has 1 aromatic heterocycles. The Labute approximate surface area is 267 Å². The molecule has 2 heterocycles. The second-order valence-corrected chi connectivity index (χ2v) is 11.1. The first-order valence-corrected chi connectivity index (χ1v) is 15.4. The zero-order valence-corrected chi connectivity index (χ0v) is 27.2. The second-order valence-electron chi connectivity index (χ2n) is 11.1. The quantitative estimate of drug-likeness (QED) is 0.129.